The Morgan fingerprint density at radius 1 is 0.868 bits per heavy atom. The average molecular weight is 521 g/mol. The smallest absolute Gasteiger partial charge is 0.254 e. The van der Waals surface area contributed by atoms with Crippen molar-refractivity contribution in [1.29, 1.82) is 0 Å². The predicted octanol–water partition coefficient (Wildman–Crippen LogP) is 4.68. The minimum Gasteiger partial charge on any atom is -0.380 e. The van der Waals surface area contributed by atoms with Gasteiger partial charge in [-0.05, 0) is 61.6 Å². The fraction of sp³-hybridized carbons (Fsp3) is 0.533. The van der Waals surface area contributed by atoms with E-state index in [2.05, 4.69) is 10.2 Å². The summed E-state index contributed by atoms with van der Waals surface area (Å²) in [7, 11) is 0. The molecule has 6 rings (SSSR count). The van der Waals surface area contributed by atoms with Gasteiger partial charge in [0.1, 0.15) is 17.6 Å². The van der Waals surface area contributed by atoms with E-state index in [4.69, 9.17) is 0 Å². The lowest BCUT2D eigenvalue weighted by Gasteiger charge is -2.37. The van der Waals surface area contributed by atoms with E-state index in [1.165, 1.54) is 32.1 Å². The van der Waals surface area contributed by atoms with Gasteiger partial charge in [-0.15, -0.1) is 0 Å². The van der Waals surface area contributed by atoms with Crippen LogP contribution in [0.4, 0.5) is 15.8 Å². The summed E-state index contributed by atoms with van der Waals surface area (Å²) >= 11 is 0. The Morgan fingerprint density at radius 3 is 2.16 bits per heavy atom. The molecule has 1 unspecified atom stereocenters. The van der Waals surface area contributed by atoms with Crippen molar-refractivity contribution in [3.8, 4) is 0 Å². The van der Waals surface area contributed by atoms with Gasteiger partial charge < -0.3 is 25.1 Å². The predicted molar refractivity (Wildman–Crippen MR) is 144 cm³/mol. The van der Waals surface area contributed by atoms with Gasteiger partial charge in [0.25, 0.3) is 11.8 Å². The van der Waals surface area contributed by atoms with Crippen molar-refractivity contribution in [1.82, 2.24) is 9.80 Å². The number of rotatable bonds is 4. The van der Waals surface area contributed by atoms with Gasteiger partial charge in [0.05, 0.1) is 11.4 Å². The fourth-order valence-electron chi connectivity index (χ4n) is 6.30. The van der Waals surface area contributed by atoms with Crippen molar-refractivity contribution in [3.05, 3.63) is 59.4 Å². The largest absolute Gasteiger partial charge is 0.380 e. The molecule has 1 saturated heterocycles. The summed E-state index contributed by atoms with van der Waals surface area (Å²) in [6.45, 7) is 1.82. The van der Waals surface area contributed by atoms with Crippen molar-refractivity contribution in [2.75, 3.05) is 36.4 Å². The highest BCUT2D eigenvalue weighted by Crippen LogP contribution is 2.45. The van der Waals surface area contributed by atoms with Crippen molar-refractivity contribution < 1.29 is 19.1 Å². The van der Waals surface area contributed by atoms with E-state index in [9.17, 15) is 19.1 Å². The lowest BCUT2D eigenvalue weighted by atomic mass is 9.94. The van der Waals surface area contributed by atoms with Gasteiger partial charge in [-0.2, -0.15) is 0 Å². The highest BCUT2D eigenvalue weighted by Gasteiger charge is 2.50. The molecule has 0 bridgehead atoms. The topological polar surface area (TPSA) is 76.1 Å². The summed E-state index contributed by atoms with van der Waals surface area (Å²) < 4.78 is 14.1. The standard InChI is InChI=1S/C30H37FN4O3/c31-23-12-13-26-25(20-23)32-27(35(26)24-6-4-2-1-3-5-7-24)21-8-10-22(11-9-21)28(36)33-16-18-34(19-17-33)29(37)30(38)14-15-30/h8-13,20,24,27,32,38H,1-7,14-19H2. The lowest BCUT2D eigenvalue weighted by Crippen LogP contribution is -2.53. The number of carbonyl (C=O) groups is 2. The second kappa shape index (κ2) is 10.2. The minimum absolute atomic E-state index is 0.0459. The van der Waals surface area contributed by atoms with Crippen LogP contribution in [-0.4, -0.2) is 64.5 Å². The van der Waals surface area contributed by atoms with Crippen LogP contribution in [0.2, 0.25) is 0 Å². The molecule has 7 nitrogen and oxygen atoms in total. The first-order valence-electron chi connectivity index (χ1n) is 14.2. The lowest BCUT2D eigenvalue weighted by molar-refractivity contribution is -0.143. The maximum Gasteiger partial charge on any atom is 0.254 e. The molecule has 38 heavy (non-hydrogen) atoms. The Bertz CT molecular complexity index is 1180. The van der Waals surface area contributed by atoms with Crippen LogP contribution in [0.5, 0.6) is 0 Å². The molecule has 4 aliphatic rings. The van der Waals surface area contributed by atoms with Gasteiger partial charge in [0, 0.05) is 37.8 Å². The Balaban J connectivity index is 1.16. The zero-order chi connectivity index (χ0) is 26.3. The Morgan fingerprint density at radius 2 is 1.50 bits per heavy atom. The van der Waals surface area contributed by atoms with Crippen molar-refractivity contribution in [2.24, 2.45) is 0 Å². The van der Waals surface area contributed by atoms with E-state index >= 15 is 0 Å². The number of hydrogen-bond acceptors (Lipinski definition) is 5. The molecule has 0 aromatic heterocycles. The van der Waals surface area contributed by atoms with Gasteiger partial charge in [-0.1, -0.05) is 44.2 Å². The first kappa shape index (κ1) is 25.2. The number of hydrogen-bond donors (Lipinski definition) is 2. The van der Waals surface area contributed by atoms with Crippen LogP contribution in [0.3, 0.4) is 0 Å². The third-order valence-electron chi connectivity index (χ3n) is 8.72. The van der Waals surface area contributed by atoms with E-state index in [-0.39, 0.29) is 23.8 Å². The molecule has 2 amide bonds. The minimum atomic E-state index is -1.16. The normalized spacial score (nSPS) is 23.3. The summed E-state index contributed by atoms with van der Waals surface area (Å²) in [5.74, 6) is -0.494. The van der Waals surface area contributed by atoms with Crippen LogP contribution >= 0.6 is 0 Å². The van der Waals surface area contributed by atoms with Crippen LogP contribution in [0.15, 0.2) is 42.5 Å². The molecule has 2 aliphatic heterocycles. The zero-order valence-electron chi connectivity index (χ0n) is 21.9. The highest BCUT2D eigenvalue weighted by molar-refractivity contribution is 5.95. The zero-order valence-corrected chi connectivity index (χ0v) is 21.9. The molecule has 1 atom stereocenters. The molecule has 2 heterocycles. The maximum atomic E-state index is 14.1. The summed E-state index contributed by atoms with van der Waals surface area (Å²) in [5, 5.41) is 13.7. The van der Waals surface area contributed by atoms with Gasteiger partial charge in [-0.25, -0.2) is 4.39 Å². The van der Waals surface area contributed by atoms with Crippen LogP contribution in [0.25, 0.3) is 0 Å². The average Bonchev–Trinajstić information content (AvgIpc) is 3.57. The summed E-state index contributed by atoms with van der Waals surface area (Å²) in [6.07, 6.45) is 9.44. The molecule has 3 fully saturated rings. The molecule has 2 aromatic carbocycles. The van der Waals surface area contributed by atoms with E-state index in [0.29, 0.717) is 50.6 Å². The summed E-state index contributed by atoms with van der Waals surface area (Å²) in [4.78, 5) is 31.5. The Hall–Kier alpha value is -3.13. The van der Waals surface area contributed by atoms with Crippen LogP contribution < -0.4 is 10.2 Å². The molecule has 0 radical (unpaired) electrons. The van der Waals surface area contributed by atoms with E-state index < -0.39 is 5.60 Å². The third-order valence-corrected chi connectivity index (χ3v) is 8.72. The first-order chi connectivity index (χ1) is 18.4. The van der Waals surface area contributed by atoms with Crippen molar-refractivity contribution >= 4 is 23.2 Å². The maximum absolute atomic E-state index is 14.1. The molecule has 2 aromatic rings. The number of piperazine rings is 1. The number of anilines is 2. The number of aliphatic hydroxyl groups is 1. The number of amides is 2. The number of halogens is 1. The molecule has 2 N–H and O–H groups in total. The molecule has 8 heteroatoms. The van der Waals surface area contributed by atoms with Gasteiger partial charge >= 0.3 is 0 Å². The molecule has 2 saturated carbocycles. The third kappa shape index (κ3) is 4.86. The van der Waals surface area contributed by atoms with Crippen LogP contribution in [0.1, 0.15) is 79.9 Å². The molecule has 2 aliphatic carbocycles. The van der Waals surface area contributed by atoms with E-state index in [0.717, 1.165) is 29.8 Å². The number of nitrogens with zero attached hydrogens (tertiary/aromatic N) is 3. The second-order valence-corrected chi connectivity index (χ2v) is 11.4. The van der Waals surface area contributed by atoms with Crippen molar-refractivity contribution in [2.45, 2.75) is 75.6 Å². The number of nitrogens with one attached hydrogen (secondary N) is 1. The SMILES string of the molecule is O=C(c1ccc(C2Nc3cc(F)ccc3N2C2CCCCCCC2)cc1)N1CCN(C(=O)C2(O)CC2)CC1. The number of fused-ring (bicyclic) bond motifs is 1. The first-order valence-corrected chi connectivity index (χ1v) is 14.2. The highest BCUT2D eigenvalue weighted by atomic mass is 19.1. The molecule has 0 spiro atoms. The monoisotopic (exact) mass is 520 g/mol. The Kier molecular flexibility index (Phi) is 6.76. The summed E-state index contributed by atoms with van der Waals surface area (Å²) in [5.41, 5.74) is 2.37. The second-order valence-electron chi connectivity index (χ2n) is 11.4. The molecular weight excluding hydrogens is 483 g/mol. The van der Waals surface area contributed by atoms with E-state index in [1.54, 1.807) is 21.9 Å². The van der Waals surface area contributed by atoms with Gasteiger partial charge in [-0.3, -0.25) is 9.59 Å². The number of benzene rings is 2. The van der Waals surface area contributed by atoms with Gasteiger partial charge in [0.2, 0.25) is 0 Å². The molecule has 202 valence electrons. The van der Waals surface area contributed by atoms with Gasteiger partial charge in [0.15, 0.2) is 0 Å². The number of carbonyl (C=O) groups excluding carboxylic acids is 2. The Labute approximate surface area is 223 Å². The fourth-order valence-corrected chi connectivity index (χ4v) is 6.30. The molecular formula is C30H37FN4O3. The quantitative estimate of drug-likeness (QED) is 0.613. The van der Waals surface area contributed by atoms with Crippen LogP contribution in [-0.2, 0) is 4.79 Å². The van der Waals surface area contributed by atoms with Crippen molar-refractivity contribution in [3.63, 3.8) is 0 Å². The van der Waals surface area contributed by atoms with Crippen LogP contribution in [0, 0.1) is 5.82 Å². The summed E-state index contributed by atoms with van der Waals surface area (Å²) in [6, 6.07) is 13.2. The van der Waals surface area contributed by atoms with E-state index in [1.807, 2.05) is 30.3 Å².